The Balaban J connectivity index is 2.55. The fourth-order valence-corrected chi connectivity index (χ4v) is 1.12. The van der Waals surface area contributed by atoms with Gasteiger partial charge in [-0.3, -0.25) is 4.79 Å². The summed E-state index contributed by atoms with van der Waals surface area (Å²) >= 11 is 0. The van der Waals surface area contributed by atoms with Gasteiger partial charge in [0.15, 0.2) is 5.78 Å². The van der Waals surface area contributed by atoms with Crippen LogP contribution in [0.5, 0.6) is 0 Å². The molecule has 0 heterocycles. The van der Waals surface area contributed by atoms with Crippen molar-refractivity contribution in [3.05, 3.63) is 48.0 Å². The monoisotopic (exact) mass is 218 g/mol. The Morgan fingerprint density at radius 2 is 1.88 bits per heavy atom. The summed E-state index contributed by atoms with van der Waals surface area (Å²) in [4.78, 5) is 22.2. The Labute approximate surface area is 94.7 Å². The summed E-state index contributed by atoms with van der Waals surface area (Å²) < 4.78 is 5.11. The SMILES string of the molecule is CC(=O)/C=C/C(C)OC(=O)c1ccccc1. The fourth-order valence-electron chi connectivity index (χ4n) is 1.12. The lowest BCUT2D eigenvalue weighted by atomic mass is 10.2. The number of benzene rings is 1. The van der Waals surface area contributed by atoms with Gasteiger partial charge in [-0.25, -0.2) is 4.79 Å². The lowest BCUT2D eigenvalue weighted by Crippen LogP contribution is -2.12. The molecule has 0 saturated heterocycles. The van der Waals surface area contributed by atoms with Crippen LogP contribution in [0.4, 0.5) is 0 Å². The van der Waals surface area contributed by atoms with E-state index < -0.39 is 6.10 Å². The van der Waals surface area contributed by atoms with Gasteiger partial charge in [0.25, 0.3) is 0 Å². The maximum atomic E-state index is 11.6. The zero-order chi connectivity index (χ0) is 12.0. The first kappa shape index (κ1) is 12.2. The van der Waals surface area contributed by atoms with Crippen LogP contribution < -0.4 is 0 Å². The standard InChI is InChI=1S/C13H14O3/c1-10(14)8-9-11(2)16-13(15)12-6-4-3-5-7-12/h3-9,11H,1-2H3/b9-8+. The summed E-state index contributed by atoms with van der Waals surface area (Å²) in [7, 11) is 0. The molecule has 0 saturated carbocycles. The van der Waals surface area contributed by atoms with Gasteiger partial charge in [-0.1, -0.05) is 18.2 Å². The van der Waals surface area contributed by atoms with Crippen molar-refractivity contribution in [1.82, 2.24) is 0 Å². The van der Waals surface area contributed by atoms with Crippen molar-refractivity contribution in [2.75, 3.05) is 0 Å². The van der Waals surface area contributed by atoms with Gasteiger partial charge in [0.05, 0.1) is 5.56 Å². The summed E-state index contributed by atoms with van der Waals surface area (Å²) in [5.41, 5.74) is 0.505. The quantitative estimate of drug-likeness (QED) is 0.575. The van der Waals surface area contributed by atoms with Crippen molar-refractivity contribution >= 4 is 11.8 Å². The van der Waals surface area contributed by atoms with Crippen molar-refractivity contribution in [3.8, 4) is 0 Å². The highest BCUT2D eigenvalue weighted by atomic mass is 16.5. The van der Waals surface area contributed by atoms with Crippen LogP contribution >= 0.6 is 0 Å². The zero-order valence-electron chi connectivity index (χ0n) is 9.34. The number of hydrogen-bond acceptors (Lipinski definition) is 3. The molecule has 1 unspecified atom stereocenters. The molecule has 0 aliphatic carbocycles. The number of ether oxygens (including phenoxy) is 1. The molecule has 0 aliphatic heterocycles. The molecule has 84 valence electrons. The van der Waals surface area contributed by atoms with E-state index >= 15 is 0 Å². The van der Waals surface area contributed by atoms with E-state index in [1.54, 1.807) is 37.3 Å². The van der Waals surface area contributed by atoms with E-state index in [1.807, 2.05) is 6.07 Å². The minimum Gasteiger partial charge on any atom is -0.455 e. The second-order valence-electron chi connectivity index (χ2n) is 3.45. The number of ketones is 1. The van der Waals surface area contributed by atoms with E-state index in [-0.39, 0.29) is 11.8 Å². The lowest BCUT2D eigenvalue weighted by molar-refractivity contribution is -0.112. The normalized spacial score (nSPS) is 12.4. The number of rotatable bonds is 4. The van der Waals surface area contributed by atoms with Crippen LogP contribution in [0.15, 0.2) is 42.5 Å². The minimum absolute atomic E-state index is 0.0670. The van der Waals surface area contributed by atoms with Crippen LogP contribution in [0.25, 0.3) is 0 Å². The molecule has 0 N–H and O–H groups in total. The van der Waals surface area contributed by atoms with Gasteiger partial charge in [-0.15, -0.1) is 0 Å². The molecule has 0 fully saturated rings. The molecule has 1 atom stereocenters. The van der Waals surface area contributed by atoms with Gasteiger partial charge in [-0.2, -0.15) is 0 Å². The maximum Gasteiger partial charge on any atom is 0.338 e. The number of esters is 1. The van der Waals surface area contributed by atoms with Crippen molar-refractivity contribution in [1.29, 1.82) is 0 Å². The molecule has 0 bridgehead atoms. The van der Waals surface area contributed by atoms with Crippen LogP contribution in [-0.4, -0.2) is 17.9 Å². The highest BCUT2D eigenvalue weighted by Crippen LogP contribution is 2.04. The molecule has 0 aromatic heterocycles. The first-order valence-corrected chi connectivity index (χ1v) is 5.04. The van der Waals surface area contributed by atoms with E-state index in [0.717, 1.165) is 0 Å². The molecule has 1 rings (SSSR count). The topological polar surface area (TPSA) is 43.4 Å². The third kappa shape index (κ3) is 4.09. The summed E-state index contributed by atoms with van der Waals surface area (Å²) in [6, 6.07) is 8.74. The molecule has 3 heteroatoms. The van der Waals surface area contributed by atoms with Gasteiger partial charge in [0.1, 0.15) is 6.10 Å². The highest BCUT2D eigenvalue weighted by molar-refractivity contribution is 5.90. The number of carbonyl (C=O) groups is 2. The average molecular weight is 218 g/mol. The highest BCUT2D eigenvalue weighted by Gasteiger charge is 2.08. The van der Waals surface area contributed by atoms with Crippen LogP contribution in [0, 0.1) is 0 Å². The number of carbonyl (C=O) groups excluding carboxylic acids is 2. The Kier molecular flexibility index (Phi) is 4.45. The molecular formula is C13H14O3. The summed E-state index contributed by atoms with van der Waals surface area (Å²) in [5, 5.41) is 0. The van der Waals surface area contributed by atoms with Gasteiger partial charge in [0.2, 0.25) is 0 Å². The van der Waals surface area contributed by atoms with Gasteiger partial charge >= 0.3 is 5.97 Å². The first-order valence-electron chi connectivity index (χ1n) is 5.04. The Bertz CT molecular complexity index is 393. The maximum absolute atomic E-state index is 11.6. The van der Waals surface area contributed by atoms with E-state index in [0.29, 0.717) is 5.56 Å². The molecule has 3 nitrogen and oxygen atoms in total. The van der Waals surface area contributed by atoms with Crippen molar-refractivity contribution in [2.24, 2.45) is 0 Å². The molecule has 1 aromatic rings. The fraction of sp³-hybridized carbons (Fsp3) is 0.231. The van der Waals surface area contributed by atoms with Gasteiger partial charge in [-0.05, 0) is 38.1 Å². The predicted octanol–water partition coefficient (Wildman–Crippen LogP) is 2.38. The molecular weight excluding hydrogens is 204 g/mol. The third-order valence-electron chi connectivity index (χ3n) is 1.90. The van der Waals surface area contributed by atoms with E-state index in [1.165, 1.54) is 13.0 Å². The third-order valence-corrected chi connectivity index (χ3v) is 1.90. The molecule has 0 spiro atoms. The average Bonchev–Trinajstić information content (AvgIpc) is 2.27. The molecule has 0 aliphatic rings. The molecule has 0 radical (unpaired) electrons. The second-order valence-corrected chi connectivity index (χ2v) is 3.45. The van der Waals surface area contributed by atoms with Crippen LogP contribution in [0.3, 0.4) is 0 Å². The molecule has 16 heavy (non-hydrogen) atoms. The Morgan fingerprint density at radius 3 is 2.44 bits per heavy atom. The van der Waals surface area contributed by atoms with E-state index in [9.17, 15) is 9.59 Å². The van der Waals surface area contributed by atoms with Crippen LogP contribution in [0.1, 0.15) is 24.2 Å². The Hall–Kier alpha value is -1.90. The first-order chi connectivity index (χ1) is 7.59. The largest absolute Gasteiger partial charge is 0.455 e. The Morgan fingerprint density at radius 1 is 1.25 bits per heavy atom. The summed E-state index contributed by atoms with van der Waals surface area (Å²) in [5.74, 6) is -0.455. The second kappa shape index (κ2) is 5.85. The van der Waals surface area contributed by atoms with Gasteiger partial charge < -0.3 is 4.74 Å². The number of hydrogen-bond donors (Lipinski definition) is 0. The van der Waals surface area contributed by atoms with Crippen LogP contribution in [-0.2, 0) is 9.53 Å². The van der Waals surface area contributed by atoms with Gasteiger partial charge in [0, 0.05) is 0 Å². The summed E-state index contributed by atoms with van der Waals surface area (Å²) in [6.07, 6.45) is 2.54. The van der Waals surface area contributed by atoms with Crippen molar-refractivity contribution < 1.29 is 14.3 Å². The summed E-state index contributed by atoms with van der Waals surface area (Å²) in [6.45, 7) is 3.16. The van der Waals surface area contributed by atoms with Crippen molar-refractivity contribution in [2.45, 2.75) is 20.0 Å². The van der Waals surface area contributed by atoms with E-state index in [2.05, 4.69) is 0 Å². The van der Waals surface area contributed by atoms with Crippen molar-refractivity contribution in [3.63, 3.8) is 0 Å². The predicted molar refractivity (Wildman–Crippen MR) is 61.1 cm³/mol. The molecule has 1 aromatic carbocycles. The lowest BCUT2D eigenvalue weighted by Gasteiger charge is -2.08. The minimum atomic E-state index is -0.406. The van der Waals surface area contributed by atoms with Crippen LogP contribution in [0.2, 0.25) is 0 Å². The van der Waals surface area contributed by atoms with E-state index in [4.69, 9.17) is 4.74 Å². The molecule has 0 amide bonds. The number of allylic oxidation sites excluding steroid dienone is 1. The zero-order valence-corrected chi connectivity index (χ0v) is 9.34. The smallest absolute Gasteiger partial charge is 0.338 e.